The molecule has 1 unspecified atom stereocenters. The number of ether oxygens (including phenoxy) is 1. The van der Waals surface area contributed by atoms with Crippen molar-refractivity contribution in [3.05, 3.63) is 0 Å². The van der Waals surface area contributed by atoms with Crippen LogP contribution in [0.2, 0.25) is 0 Å². The van der Waals surface area contributed by atoms with Gasteiger partial charge in [0.25, 0.3) is 0 Å². The lowest BCUT2D eigenvalue weighted by molar-refractivity contribution is -0.122. The molecule has 182 valence electrons. The predicted octanol–water partition coefficient (Wildman–Crippen LogP) is 2.94. The van der Waals surface area contributed by atoms with Gasteiger partial charge in [-0.15, -0.1) is 0 Å². The second-order valence-electron chi connectivity index (χ2n) is 7.07. The second-order valence-corrected chi connectivity index (χ2v) is 9.33. The molecule has 1 atom stereocenters. The maximum atomic E-state index is 11.7. The molecule has 0 saturated carbocycles. The predicted molar refractivity (Wildman–Crippen MR) is 126 cm³/mol. The van der Waals surface area contributed by atoms with Crippen LogP contribution in [0.5, 0.6) is 0 Å². The van der Waals surface area contributed by atoms with E-state index in [1.807, 2.05) is 6.26 Å². The number of hydrogen-bond acceptors (Lipinski definition) is 7. The Bertz CT molecular complexity index is 525. The van der Waals surface area contributed by atoms with Gasteiger partial charge in [0.2, 0.25) is 11.8 Å². The van der Waals surface area contributed by atoms with Crippen LogP contribution in [-0.4, -0.2) is 69.4 Å². The molecule has 3 N–H and O–H groups in total. The molecule has 11 heteroatoms. The first-order valence-electron chi connectivity index (χ1n) is 11.0. The van der Waals surface area contributed by atoms with E-state index in [4.69, 9.17) is 9.26 Å². The standard InChI is InChI=1S/C20H40N3O6PS/c1-30(27)29-15-9-4-3-7-13-23-20(26)28-16-14-22-18(24)10-6-5-8-12-21-19(25)11-17-31-2/h30H,3-17H2,1-2H3,(H,21,25)(H,22,24)(H,23,26). The quantitative estimate of drug-likeness (QED) is 0.180. The van der Waals surface area contributed by atoms with E-state index in [-0.39, 0.29) is 25.0 Å². The lowest BCUT2D eigenvalue weighted by atomic mass is 10.2. The Labute approximate surface area is 191 Å². The molecule has 0 aliphatic carbocycles. The topological polar surface area (TPSA) is 123 Å². The van der Waals surface area contributed by atoms with E-state index in [2.05, 4.69) is 16.0 Å². The minimum atomic E-state index is -1.84. The van der Waals surface area contributed by atoms with Crippen LogP contribution in [0.25, 0.3) is 0 Å². The van der Waals surface area contributed by atoms with Gasteiger partial charge in [-0.2, -0.15) is 11.8 Å². The number of hydrogen-bond donors (Lipinski definition) is 3. The fourth-order valence-corrected chi connectivity index (χ4v) is 3.38. The van der Waals surface area contributed by atoms with Gasteiger partial charge in [0, 0.05) is 38.3 Å². The third-order valence-corrected chi connectivity index (χ3v) is 5.46. The summed E-state index contributed by atoms with van der Waals surface area (Å²) in [5, 5.41) is 8.27. The number of nitrogens with one attached hydrogen (secondary N) is 3. The van der Waals surface area contributed by atoms with Gasteiger partial charge in [0.05, 0.1) is 13.2 Å². The van der Waals surface area contributed by atoms with Gasteiger partial charge in [0.15, 0.2) is 8.03 Å². The van der Waals surface area contributed by atoms with Crippen molar-refractivity contribution in [2.45, 2.75) is 57.8 Å². The highest BCUT2D eigenvalue weighted by Gasteiger charge is 2.04. The number of amides is 3. The van der Waals surface area contributed by atoms with E-state index in [1.165, 1.54) is 0 Å². The fourth-order valence-electron chi connectivity index (χ4n) is 2.56. The summed E-state index contributed by atoms with van der Waals surface area (Å²) in [5.74, 6) is 0.846. The van der Waals surface area contributed by atoms with Crippen molar-refractivity contribution in [1.29, 1.82) is 0 Å². The average Bonchev–Trinajstić information content (AvgIpc) is 2.73. The molecule has 0 aliphatic heterocycles. The van der Waals surface area contributed by atoms with Crippen LogP contribution in [0, 0.1) is 0 Å². The molecule has 3 amide bonds. The van der Waals surface area contributed by atoms with Gasteiger partial charge in [-0.1, -0.05) is 19.3 Å². The van der Waals surface area contributed by atoms with Gasteiger partial charge in [-0.3, -0.25) is 14.2 Å². The lowest BCUT2D eigenvalue weighted by Gasteiger charge is -2.08. The largest absolute Gasteiger partial charge is 0.448 e. The number of unbranched alkanes of at least 4 members (excludes halogenated alkanes) is 5. The molecule has 9 nitrogen and oxygen atoms in total. The summed E-state index contributed by atoms with van der Waals surface area (Å²) < 4.78 is 20.8. The van der Waals surface area contributed by atoms with Gasteiger partial charge in [0.1, 0.15) is 6.61 Å². The summed E-state index contributed by atoms with van der Waals surface area (Å²) in [6, 6.07) is 0. The maximum absolute atomic E-state index is 11.7. The van der Waals surface area contributed by atoms with Crippen LogP contribution >= 0.6 is 19.8 Å². The molecule has 0 heterocycles. The van der Waals surface area contributed by atoms with E-state index in [0.29, 0.717) is 32.5 Å². The number of carbonyl (C=O) groups is 3. The molecule has 0 bridgehead atoms. The highest BCUT2D eigenvalue weighted by Crippen LogP contribution is 2.15. The Morgan fingerprint density at radius 1 is 0.774 bits per heavy atom. The van der Waals surface area contributed by atoms with E-state index in [0.717, 1.165) is 50.7 Å². The number of alkyl carbamates (subject to hydrolysis) is 1. The molecule has 0 aliphatic rings. The van der Waals surface area contributed by atoms with E-state index in [9.17, 15) is 18.9 Å². The number of carbonyl (C=O) groups excluding carboxylic acids is 3. The Kier molecular flexibility index (Phi) is 21.1. The fraction of sp³-hybridized carbons (Fsp3) is 0.850. The van der Waals surface area contributed by atoms with E-state index < -0.39 is 14.1 Å². The van der Waals surface area contributed by atoms with Crippen molar-refractivity contribution in [1.82, 2.24) is 16.0 Å². The first-order chi connectivity index (χ1) is 15.0. The minimum absolute atomic E-state index is 0.0645. The number of thioether (sulfide) groups is 1. The van der Waals surface area contributed by atoms with Crippen LogP contribution in [-0.2, 0) is 23.4 Å². The monoisotopic (exact) mass is 481 g/mol. The molecule has 0 aromatic heterocycles. The Morgan fingerprint density at radius 3 is 2.10 bits per heavy atom. The molecule has 0 fully saturated rings. The second kappa shape index (κ2) is 22.0. The van der Waals surface area contributed by atoms with Crippen molar-refractivity contribution in [2.24, 2.45) is 0 Å². The summed E-state index contributed by atoms with van der Waals surface area (Å²) in [4.78, 5) is 34.7. The molecule has 31 heavy (non-hydrogen) atoms. The first kappa shape index (κ1) is 29.8. The zero-order valence-electron chi connectivity index (χ0n) is 19.0. The summed E-state index contributed by atoms with van der Waals surface area (Å²) in [6.45, 7) is 3.70. The van der Waals surface area contributed by atoms with Crippen LogP contribution < -0.4 is 16.0 Å². The molecule has 0 aromatic carbocycles. The lowest BCUT2D eigenvalue weighted by Crippen LogP contribution is -2.31. The number of rotatable bonds is 20. The molecule has 0 aromatic rings. The molecule has 0 spiro atoms. The first-order valence-corrected chi connectivity index (χ1v) is 14.2. The van der Waals surface area contributed by atoms with Crippen molar-refractivity contribution in [3.8, 4) is 0 Å². The van der Waals surface area contributed by atoms with Crippen LogP contribution in [0.15, 0.2) is 0 Å². The SMILES string of the molecule is CSCCC(=O)NCCCCCC(=O)NCCOC(=O)NCCCCCCO[PH](C)=O. The molecular weight excluding hydrogens is 441 g/mol. The Morgan fingerprint density at radius 2 is 1.39 bits per heavy atom. The third-order valence-electron chi connectivity index (χ3n) is 4.24. The van der Waals surface area contributed by atoms with Crippen LogP contribution in [0.3, 0.4) is 0 Å². The van der Waals surface area contributed by atoms with Crippen LogP contribution in [0.1, 0.15) is 57.8 Å². The summed E-state index contributed by atoms with van der Waals surface area (Å²) in [6.07, 6.45) is 8.58. The zero-order valence-corrected chi connectivity index (χ0v) is 20.8. The highest BCUT2D eigenvalue weighted by atomic mass is 32.2. The Balaban J connectivity index is 3.39. The van der Waals surface area contributed by atoms with Gasteiger partial charge in [-0.25, -0.2) is 4.79 Å². The maximum Gasteiger partial charge on any atom is 0.407 e. The third kappa shape index (κ3) is 23.2. The smallest absolute Gasteiger partial charge is 0.407 e. The van der Waals surface area contributed by atoms with Crippen molar-refractivity contribution < 1.29 is 28.2 Å². The molecular formula is C20H40N3O6PS. The van der Waals surface area contributed by atoms with Crippen molar-refractivity contribution in [3.63, 3.8) is 0 Å². The van der Waals surface area contributed by atoms with Gasteiger partial charge < -0.3 is 25.2 Å². The normalized spacial score (nSPS) is 11.5. The highest BCUT2D eigenvalue weighted by molar-refractivity contribution is 7.98. The molecule has 0 radical (unpaired) electrons. The van der Waals surface area contributed by atoms with E-state index in [1.54, 1.807) is 18.4 Å². The molecule has 0 saturated heterocycles. The average molecular weight is 482 g/mol. The van der Waals surface area contributed by atoms with E-state index >= 15 is 0 Å². The molecule has 0 rings (SSSR count). The summed E-state index contributed by atoms with van der Waals surface area (Å²) >= 11 is 1.65. The van der Waals surface area contributed by atoms with Gasteiger partial charge >= 0.3 is 6.09 Å². The summed E-state index contributed by atoms with van der Waals surface area (Å²) in [7, 11) is -1.84. The zero-order chi connectivity index (χ0) is 23.2. The van der Waals surface area contributed by atoms with Crippen molar-refractivity contribution >= 4 is 37.7 Å². The minimum Gasteiger partial charge on any atom is -0.448 e. The Hall–Kier alpha value is -1.25. The summed E-state index contributed by atoms with van der Waals surface area (Å²) in [5.41, 5.74) is 0. The van der Waals surface area contributed by atoms with Crippen molar-refractivity contribution in [2.75, 3.05) is 51.5 Å². The van der Waals surface area contributed by atoms with Gasteiger partial charge in [-0.05, 0) is 31.9 Å². The van der Waals surface area contributed by atoms with Crippen LogP contribution in [0.4, 0.5) is 4.79 Å².